The van der Waals surface area contributed by atoms with E-state index in [1.54, 1.807) is 0 Å². The van der Waals surface area contributed by atoms with Crippen LogP contribution in [0.4, 0.5) is 0 Å². The van der Waals surface area contributed by atoms with Gasteiger partial charge in [-0.3, -0.25) is 4.98 Å². The van der Waals surface area contributed by atoms with E-state index in [2.05, 4.69) is 60.7 Å². The van der Waals surface area contributed by atoms with Crippen molar-refractivity contribution in [2.24, 2.45) is 5.92 Å². The zero-order valence-electron chi connectivity index (χ0n) is 13.0. The van der Waals surface area contributed by atoms with E-state index >= 15 is 0 Å². The summed E-state index contributed by atoms with van der Waals surface area (Å²) < 4.78 is 0. The lowest BCUT2D eigenvalue weighted by atomic mass is 9.87. The fraction of sp³-hybridized carbons (Fsp3) is 0.286. The lowest BCUT2D eigenvalue weighted by Crippen LogP contribution is -2.04. The monoisotopic (exact) mass is 287 g/mol. The summed E-state index contributed by atoms with van der Waals surface area (Å²) in [5.41, 5.74) is 4.83. The molecule has 1 unspecified atom stereocenters. The molecule has 0 aliphatic heterocycles. The van der Waals surface area contributed by atoms with Gasteiger partial charge in [0.25, 0.3) is 0 Å². The highest BCUT2D eigenvalue weighted by Gasteiger charge is 2.17. The SMILES string of the molecule is C=C(C)C(Cc1cccnc1)c1ccc(C#CC2CC2)cc1. The standard InChI is InChI=1S/C21H21N/c1-16(2)21(14-19-4-3-13-22-15-19)20-11-9-18(10-12-20)8-7-17-5-6-17/h3-4,9-13,15,17,21H,1,5-6,14H2,2H3. The molecule has 1 aromatic carbocycles. The minimum absolute atomic E-state index is 0.328. The van der Waals surface area contributed by atoms with E-state index in [9.17, 15) is 0 Å². The maximum atomic E-state index is 4.20. The minimum Gasteiger partial charge on any atom is -0.264 e. The molecule has 2 aromatic rings. The maximum Gasteiger partial charge on any atom is 0.0300 e. The molecule has 1 saturated carbocycles. The Hall–Kier alpha value is -2.33. The number of pyridine rings is 1. The summed E-state index contributed by atoms with van der Waals surface area (Å²) in [6.45, 7) is 6.27. The van der Waals surface area contributed by atoms with Crippen LogP contribution in [0.15, 0.2) is 60.9 Å². The van der Waals surface area contributed by atoms with Crippen LogP contribution in [0.1, 0.15) is 42.4 Å². The summed E-state index contributed by atoms with van der Waals surface area (Å²) >= 11 is 0. The average molecular weight is 287 g/mol. The Morgan fingerprint density at radius 1 is 1.27 bits per heavy atom. The van der Waals surface area contributed by atoms with Gasteiger partial charge in [0.05, 0.1) is 0 Å². The van der Waals surface area contributed by atoms with Gasteiger partial charge in [0.1, 0.15) is 0 Å². The molecule has 0 saturated heterocycles. The number of nitrogens with zero attached hydrogens (tertiary/aromatic N) is 1. The Labute approximate surface area is 133 Å². The highest BCUT2D eigenvalue weighted by atomic mass is 14.6. The second kappa shape index (κ2) is 6.62. The predicted octanol–water partition coefficient (Wildman–Crippen LogP) is 4.75. The molecule has 1 aliphatic rings. The molecule has 0 amide bonds. The first-order valence-corrected chi connectivity index (χ1v) is 7.88. The van der Waals surface area contributed by atoms with Crippen molar-refractivity contribution >= 4 is 0 Å². The Bertz CT molecular complexity index is 697. The average Bonchev–Trinajstić information content (AvgIpc) is 3.36. The van der Waals surface area contributed by atoms with Crippen molar-refractivity contribution in [3.8, 4) is 11.8 Å². The second-order valence-corrected chi connectivity index (χ2v) is 6.13. The Balaban J connectivity index is 1.76. The molecule has 22 heavy (non-hydrogen) atoms. The van der Waals surface area contributed by atoms with Crippen LogP contribution in [0, 0.1) is 17.8 Å². The molecule has 1 heterocycles. The summed E-state index contributed by atoms with van der Waals surface area (Å²) in [5, 5.41) is 0. The number of aromatic nitrogens is 1. The first-order chi connectivity index (χ1) is 10.7. The summed E-state index contributed by atoms with van der Waals surface area (Å²) in [6, 6.07) is 12.7. The zero-order valence-corrected chi connectivity index (χ0v) is 13.0. The van der Waals surface area contributed by atoms with Crippen molar-refractivity contribution < 1.29 is 0 Å². The van der Waals surface area contributed by atoms with Crippen molar-refractivity contribution in [1.82, 2.24) is 4.98 Å². The van der Waals surface area contributed by atoms with E-state index < -0.39 is 0 Å². The molecule has 0 bridgehead atoms. The van der Waals surface area contributed by atoms with E-state index in [0.29, 0.717) is 11.8 Å². The van der Waals surface area contributed by atoms with Crippen LogP contribution >= 0.6 is 0 Å². The lowest BCUT2D eigenvalue weighted by molar-refractivity contribution is 0.785. The molecule has 1 heteroatoms. The molecule has 1 fully saturated rings. The van der Waals surface area contributed by atoms with Gasteiger partial charge in [-0.2, -0.15) is 0 Å². The van der Waals surface area contributed by atoms with Gasteiger partial charge < -0.3 is 0 Å². The van der Waals surface area contributed by atoms with Crippen LogP contribution in [-0.4, -0.2) is 4.98 Å². The number of benzene rings is 1. The molecule has 0 N–H and O–H groups in total. The molecular weight excluding hydrogens is 266 g/mol. The highest BCUT2D eigenvalue weighted by Crippen LogP contribution is 2.28. The summed E-state index contributed by atoms with van der Waals surface area (Å²) in [7, 11) is 0. The van der Waals surface area contributed by atoms with E-state index in [0.717, 1.165) is 12.0 Å². The Morgan fingerprint density at radius 2 is 2.05 bits per heavy atom. The minimum atomic E-state index is 0.328. The van der Waals surface area contributed by atoms with E-state index in [4.69, 9.17) is 0 Å². The van der Waals surface area contributed by atoms with E-state index in [1.807, 2.05) is 18.5 Å². The van der Waals surface area contributed by atoms with Gasteiger partial charge >= 0.3 is 0 Å². The lowest BCUT2D eigenvalue weighted by Gasteiger charge is -2.17. The van der Waals surface area contributed by atoms with Crippen LogP contribution in [0.2, 0.25) is 0 Å². The van der Waals surface area contributed by atoms with E-state index in [-0.39, 0.29) is 0 Å². The Morgan fingerprint density at radius 3 is 2.64 bits per heavy atom. The number of hydrogen-bond donors (Lipinski definition) is 0. The first kappa shape index (κ1) is 14.6. The maximum absolute atomic E-state index is 4.20. The molecule has 0 spiro atoms. The smallest absolute Gasteiger partial charge is 0.0300 e. The first-order valence-electron chi connectivity index (χ1n) is 7.88. The fourth-order valence-corrected chi connectivity index (χ4v) is 2.54. The largest absolute Gasteiger partial charge is 0.264 e. The summed E-state index contributed by atoms with van der Waals surface area (Å²) in [6.07, 6.45) is 7.23. The second-order valence-electron chi connectivity index (χ2n) is 6.13. The molecule has 1 atom stereocenters. The van der Waals surface area contributed by atoms with Crippen molar-refractivity contribution in [2.45, 2.75) is 32.1 Å². The molecule has 3 rings (SSSR count). The molecule has 1 aliphatic carbocycles. The van der Waals surface area contributed by atoms with E-state index in [1.165, 1.54) is 29.5 Å². The van der Waals surface area contributed by atoms with Crippen LogP contribution < -0.4 is 0 Å². The predicted molar refractivity (Wildman–Crippen MR) is 91.5 cm³/mol. The van der Waals surface area contributed by atoms with Gasteiger partial charge in [0, 0.05) is 29.8 Å². The summed E-state index contributed by atoms with van der Waals surface area (Å²) in [5.74, 6) is 7.55. The Kier molecular flexibility index (Phi) is 4.39. The van der Waals surface area contributed by atoms with Crippen molar-refractivity contribution in [3.63, 3.8) is 0 Å². The van der Waals surface area contributed by atoms with Crippen LogP contribution in [-0.2, 0) is 6.42 Å². The molecular formula is C21H21N. The van der Waals surface area contributed by atoms with Crippen molar-refractivity contribution in [1.29, 1.82) is 0 Å². The molecule has 110 valence electrons. The van der Waals surface area contributed by atoms with Crippen LogP contribution in [0.25, 0.3) is 0 Å². The fourth-order valence-electron chi connectivity index (χ4n) is 2.54. The quantitative estimate of drug-likeness (QED) is 0.584. The van der Waals surface area contributed by atoms with Crippen molar-refractivity contribution in [3.05, 3.63) is 77.6 Å². The highest BCUT2D eigenvalue weighted by molar-refractivity contribution is 5.40. The zero-order chi connectivity index (χ0) is 15.4. The molecule has 1 nitrogen and oxygen atoms in total. The number of hydrogen-bond acceptors (Lipinski definition) is 1. The van der Waals surface area contributed by atoms with Gasteiger partial charge in [-0.05, 0) is 55.5 Å². The topological polar surface area (TPSA) is 12.9 Å². The molecule has 1 aromatic heterocycles. The normalized spacial score (nSPS) is 14.8. The third-order valence-corrected chi connectivity index (χ3v) is 4.07. The van der Waals surface area contributed by atoms with Gasteiger partial charge in [-0.1, -0.05) is 42.2 Å². The third-order valence-electron chi connectivity index (χ3n) is 4.07. The molecule has 0 radical (unpaired) electrons. The summed E-state index contributed by atoms with van der Waals surface area (Å²) in [4.78, 5) is 4.20. The van der Waals surface area contributed by atoms with Gasteiger partial charge in [-0.15, -0.1) is 0 Å². The number of allylic oxidation sites excluding steroid dienone is 1. The van der Waals surface area contributed by atoms with Gasteiger partial charge in [0.15, 0.2) is 0 Å². The van der Waals surface area contributed by atoms with Crippen LogP contribution in [0.5, 0.6) is 0 Å². The number of rotatable bonds is 4. The third kappa shape index (κ3) is 3.86. The van der Waals surface area contributed by atoms with Crippen LogP contribution in [0.3, 0.4) is 0 Å². The van der Waals surface area contributed by atoms with Crippen molar-refractivity contribution in [2.75, 3.05) is 0 Å². The van der Waals surface area contributed by atoms with Gasteiger partial charge in [-0.25, -0.2) is 0 Å². The van der Waals surface area contributed by atoms with Gasteiger partial charge in [0.2, 0.25) is 0 Å².